The summed E-state index contributed by atoms with van der Waals surface area (Å²) in [7, 11) is 0. The molecule has 3 nitrogen and oxygen atoms in total. The lowest BCUT2D eigenvalue weighted by molar-refractivity contribution is -0.136. The molecule has 2 rings (SSSR count). The molecule has 1 heterocycles. The van der Waals surface area contributed by atoms with Crippen molar-refractivity contribution < 1.29 is 22.6 Å². The third-order valence-corrected chi connectivity index (χ3v) is 3.32. The van der Waals surface area contributed by atoms with Crippen LogP contribution in [0.3, 0.4) is 0 Å². The SMILES string of the molecule is Cl.N[C@@H](CCC(F)(F)F)c1cc2c(cc1Br)OCO2. The van der Waals surface area contributed by atoms with Crippen LogP contribution in [-0.4, -0.2) is 13.0 Å². The average molecular weight is 363 g/mol. The Bertz CT molecular complexity index is 456. The number of benzene rings is 1. The van der Waals surface area contributed by atoms with E-state index >= 15 is 0 Å². The summed E-state index contributed by atoms with van der Waals surface area (Å²) in [6.45, 7) is 0.114. The molecule has 0 aromatic heterocycles. The summed E-state index contributed by atoms with van der Waals surface area (Å²) in [5.41, 5.74) is 6.36. The van der Waals surface area contributed by atoms with Crippen molar-refractivity contribution >= 4 is 28.3 Å². The molecule has 1 aromatic carbocycles. The second-order valence-corrected chi connectivity index (χ2v) is 4.84. The summed E-state index contributed by atoms with van der Waals surface area (Å²) in [6, 6.07) is 2.58. The number of hydrogen-bond donors (Lipinski definition) is 1. The van der Waals surface area contributed by atoms with Gasteiger partial charge in [-0.1, -0.05) is 15.9 Å². The van der Waals surface area contributed by atoms with Crippen molar-refractivity contribution in [2.75, 3.05) is 6.79 Å². The van der Waals surface area contributed by atoms with E-state index in [-0.39, 0.29) is 25.6 Å². The van der Waals surface area contributed by atoms with Crippen LogP contribution in [0.15, 0.2) is 16.6 Å². The van der Waals surface area contributed by atoms with Gasteiger partial charge >= 0.3 is 6.18 Å². The molecular weight excluding hydrogens is 350 g/mol. The molecule has 0 radical (unpaired) electrons. The van der Waals surface area contributed by atoms with Gasteiger partial charge < -0.3 is 15.2 Å². The molecule has 0 amide bonds. The van der Waals surface area contributed by atoms with Gasteiger partial charge in [-0.3, -0.25) is 0 Å². The van der Waals surface area contributed by atoms with E-state index in [9.17, 15) is 13.2 Å². The van der Waals surface area contributed by atoms with Gasteiger partial charge in [-0.2, -0.15) is 13.2 Å². The van der Waals surface area contributed by atoms with Crippen molar-refractivity contribution in [2.24, 2.45) is 5.73 Å². The zero-order valence-electron chi connectivity index (χ0n) is 9.67. The molecule has 0 bridgehead atoms. The third-order valence-electron chi connectivity index (χ3n) is 2.63. The lowest BCUT2D eigenvalue weighted by atomic mass is 10.0. The lowest BCUT2D eigenvalue weighted by Crippen LogP contribution is -2.16. The van der Waals surface area contributed by atoms with Crippen LogP contribution >= 0.6 is 28.3 Å². The van der Waals surface area contributed by atoms with Crippen LogP contribution in [0.4, 0.5) is 13.2 Å². The Morgan fingerprint density at radius 3 is 2.42 bits per heavy atom. The molecular formula is C11H12BrClF3NO2. The number of ether oxygens (including phenoxy) is 2. The lowest BCUT2D eigenvalue weighted by Gasteiger charge is -2.15. The van der Waals surface area contributed by atoms with Crippen LogP contribution in [0, 0.1) is 0 Å². The first-order valence-corrected chi connectivity index (χ1v) is 6.07. The maximum Gasteiger partial charge on any atom is 0.389 e. The highest BCUT2D eigenvalue weighted by Crippen LogP contribution is 2.39. The molecule has 0 unspecified atom stereocenters. The van der Waals surface area contributed by atoms with Crippen LogP contribution in [0.25, 0.3) is 0 Å². The van der Waals surface area contributed by atoms with Crippen LogP contribution in [0.1, 0.15) is 24.4 Å². The number of nitrogens with two attached hydrogens (primary N) is 1. The van der Waals surface area contributed by atoms with Crippen LogP contribution in [0.2, 0.25) is 0 Å². The van der Waals surface area contributed by atoms with Gasteiger partial charge in [0.05, 0.1) is 0 Å². The summed E-state index contributed by atoms with van der Waals surface area (Å²) < 4.78 is 47.4. The van der Waals surface area contributed by atoms with E-state index in [0.29, 0.717) is 21.5 Å². The molecule has 0 saturated carbocycles. The molecule has 1 aromatic rings. The zero-order chi connectivity index (χ0) is 13.3. The van der Waals surface area contributed by atoms with E-state index in [1.807, 2.05) is 0 Å². The zero-order valence-corrected chi connectivity index (χ0v) is 12.1. The molecule has 8 heteroatoms. The van der Waals surface area contributed by atoms with Gasteiger partial charge in [-0.15, -0.1) is 12.4 Å². The smallest absolute Gasteiger partial charge is 0.389 e. The summed E-state index contributed by atoms with van der Waals surface area (Å²) in [4.78, 5) is 0. The maximum atomic E-state index is 12.1. The first-order chi connectivity index (χ1) is 8.37. The molecule has 0 saturated heterocycles. The Labute approximate surface area is 122 Å². The Balaban J connectivity index is 0.00000180. The van der Waals surface area contributed by atoms with E-state index in [1.165, 1.54) is 0 Å². The van der Waals surface area contributed by atoms with Crippen molar-refractivity contribution in [3.05, 3.63) is 22.2 Å². The molecule has 0 spiro atoms. The van der Waals surface area contributed by atoms with Crippen LogP contribution < -0.4 is 15.2 Å². The van der Waals surface area contributed by atoms with Crippen molar-refractivity contribution in [1.82, 2.24) is 0 Å². The van der Waals surface area contributed by atoms with E-state index in [0.717, 1.165) is 0 Å². The number of rotatable bonds is 3. The van der Waals surface area contributed by atoms with E-state index in [2.05, 4.69) is 15.9 Å². The van der Waals surface area contributed by atoms with E-state index in [1.54, 1.807) is 12.1 Å². The van der Waals surface area contributed by atoms with Gasteiger partial charge in [-0.05, 0) is 24.1 Å². The topological polar surface area (TPSA) is 44.5 Å². The number of halogens is 5. The number of hydrogen-bond acceptors (Lipinski definition) is 3. The number of alkyl halides is 3. The second kappa shape index (κ2) is 6.19. The minimum Gasteiger partial charge on any atom is -0.454 e. The fourth-order valence-corrected chi connectivity index (χ4v) is 2.31. The first-order valence-electron chi connectivity index (χ1n) is 5.28. The van der Waals surface area contributed by atoms with Gasteiger partial charge in [0.15, 0.2) is 11.5 Å². The highest BCUT2D eigenvalue weighted by molar-refractivity contribution is 9.10. The maximum absolute atomic E-state index is 12.1. The normalized spacial score (nSPS) is 15.0. The van der Waals surface area contributed by atoms with Crippen LogP contribution in [0.5, 0.6) is 11.5 Å². The Morgan fingerprint density at radius 2 is 1.84 bits per heavy atom. The Kier molecular flexibility index (Phi) is 5.34. The highest BCUT2D eigenvalue weighted by atomic mass is 79.9. The minimum atomic E-state index is -4.19. The summed E-state index contributed by atoms with van der Waals surface area (Å²) in [6.07, 6.45) is -5.27. The fourth-order valence-electron chi connectivity index (χ4n) is 1.69. The average Bonchev–Trinajstić information content (AvgIpc) is 2.70. The number of fused-ring (bicyclic) bond motifs is 1. The van der Waals surface area contributed by atoms with Crippen molar-refractivity contribution in [1.29, 1.82) is 0 Å². The third kappa shape index (κ3) is 4.15. The highest BCUT2D eigenvalue weighted by Gasteiger charge is 2.29. The molecule has 1 aliphatic heterocycles. The molecule has 19 heavy (non-hydrogen) atoms. The Hall–Kier alpha value is -0.660. The first kappa shape index (κ1) is 16.4. The largest absolute Gasteiger partial charge is 0.454 e. The fraction of sp³-hybridized carbons (Fsp3) is 0.455. The van der Waals surface area contributed by atoms with Gasteiger partial charge in [0.1, 0.15) is 0 Å². The van der Waals surface area contributed by atoms with Crippen molar-refractivity contribution in [3.63, 3.8) is 0 Å². The molecule has 0 aliphatic carbocycles. The van der Waals surface area contributed by atoms with Crippen molar-refractivity contribution in [3.8, 4) is 11.5 Å². The van der Waals surface area contributed by atoms with E-state index in [4.69, 9.17) is 15.2 Å². The summed E-state index contributed by atoms with van der Waals surface area (Å²) >= 11 is 3.27. The molecule has 108 valence electrons. The van der Waals surface area contributed by atoms with Gasteiger partial charge in [0.2, 0.25) is 6.79 Å². The standard InChI is InChI=1S/C11H11BrF3NO2.ClH/c12-7-4-10-9(17-5-18-10)3-6(7)8(16)1-2-11(13,14)15;/h3-4,8H,1-2,5,16H2;1H/t8-;/m0./s1. The van der Waals surface area contributed by atoms with E-state index < -0.39 is 18.6 Å². The summed E-state index contributed by atoms with van der Waals surface area (Å²) in [5.74, 6) is 1.07. The van der Waals surface area contributed by atoms with Gasteiger partial charge in [0, 0.05) is 16.9 Å². The summed E-state index contributed by atoms with van der Waals surface area (Å²) in [5, 5.41) is 0. The molecule has 0 fully saturated rings. The monoisotopic (exact) mass is 361 g/mol. The van der Waals surface area contributed by atoms with Crippen LogP contribution in [-0.2, 0) is 0 Å². The molecule has 2 N–H and O–H groups in total. The second-order valence-electron chi connectivity index (χ2n) is 3.99. The predicted octanol–water partition coefficient (Wildman–Crippen LogP) is 3.94. The quantitative estimate of drug-likeness (QED) is 0.886. The predicted molar refractivity (Wildman–Crippen MR) is 69.7 cm³/mol. The molecule has 1 atom stereocenters. The van der Waals surface area contributed by atoms with Gasteiger partial charge in [-0.25, -0.2) is 0 Å². The van der Waals surface area contributed by atoms with Gasteiger partial charge in [0.25, 0.3) is 0 Å². The van der Waals surface area contributed by atoms with Crippen molar-refractivity contribution in [2.45, 2.75) is 25.1 Å². The molecule has 1 aliphatic rings. The Morgan fingerprint density at radius 1 is 1.26 bits per heavy atom. The minimum absolute atomic E-state index is 0.